The standard InChI is InChI=1S/C9H18O/c1-5-6-9(4,7-10)8(2)3/h7-8H,5-6H2,1-4H3. The summed E-state index contributed by atoms with van der Waals surface area (Å²) in [5.74, 6) is 0.463. The summed E-state index contributed by atoms with van der Waals surface area (Å²) < 4.78 is 0. The Labute approximate surface area is 63.8 Å². The Morgan fingerprint density at radius 3 is 2.10 bits per heavy atom. The molecule has 10 heavy (non-hydrogen) atoms. The number of carbonyl (C=O) groups is 1. The Bertz CT molecular complexity index is 107. The van der Waals surface area contributed by atoms with Crippen molar-refractivity contribution in [3.8, 4) is 0 Å². The maximum atomic E-state index is 10.7. The van der Waals surface area contributed by atoms with Crippen molar-refractivity contribution < 1.29 is 4.79 Å². The van der Waals surface area contributed by atoms with Crippen molar-refractivity contribution in [1.82, 2.24) is 0 Å². The van der Waals surface area contributed by atoms with Gasteiger partial charge in [0.1, 0.15) is 6.29 Å². The Balaban J connectivity index is 4.08. The predicted molar refractivity (Wildman–Crippen MR) is 43.9 cm³/mol. The van der Waals surface area contributed by atoms with E-state index in [1.54, 1.807) is 0 Å². The molecule has 0 amide bonds. The second-order valence-corrected chi connectivity index (χ2v) is 3.53. The van der Waals surface area contributed by atoms with Crippen LogP contribution in [0.5, 0.6) is 0 Å². The smallest absolute Gasteiger partial charge is 0.126 e. The average molecular weight is 142 g/mol. The number of rotatable bonds is 4. The molecule has 1 unspecified atom stereocenters. The summed E-state index contributed by atoms with van der Waals surface area (Å²) >= 11 is 0. The molecule has 0 spiro atoms. The van der Waals surface area contributed by atoms with Gasteiger partial charge < -0.3 is 4.79 Å². The van der Waals surface area contributed by atoms with Crippen molar-refractivity contribution in [2.45, 2.75) is 40.5 Å². The minimum absolute atomic E-state index is 0.0885. The molecule has 0 saturated heterocycles. The van der Waals surface area contributed by atoms with E-state index in [0.29, 0.717) is 5.92 Å². The normalized spacial score (nSPS) is 16.9. The van der Waals surface area contributed by atoms with Gasteiger partial charge in [0.15, 0.2) is 0 Å². The van der Waals surface area contributed by atoms with Gasteiger partial charge in [-0.2, -0.15) is 0 Å². The molecule has 60 valence electrons. The molecule has 0 aromatic carbocycles. The monoisotopic (exact) mass is 142 g/mol. The Kier molecular flexibility index (Phi) is 3.62. The number of hydrogen-bond acceptors (Lipinski definition) is 1. The van der Waals surface area contributed by atoms with Crippen molar-refractivity contribution in [2.75, 3.05) is 0 Å². The highest BCUT2D eigenvalue weighted by atomic mass is 16.1. The van der Waals surface area contributed by atoms with E-state index in [0.717, 1.165) is 19.1 Å². The molecule has 1 heteroatoms. The average Bonchev–Trinajstić information content (AvgIpc) is 1.88. The van der Waals surface area contributed by atoms with E-state index in [-0.39, 0.29) is 5.41 Å². The zero-order valence-electron chi connectivity index (χ0n) is 7.48. The quantitative estimate of drug-likeness (QED) is 0.551. The van der Waals surface area contributed by atoms with Gasteiger partial charge in [0.25, 0.3) is 0 Å². The molecular weight excluding hydrogens is 124 g/mol. The SMILES string of the molecule is CCCC(C)(C=O)C(C)C. The van der Waals surface area contributed by atoms with Crippen LogP contribution in [0.3, 0.4) is 0 Å². The van der Waals surface area contributed by atoms with Crippen molar-refractivity contribution in [3.05, 3.63) is 0 Å². The van der Waals surface area contributed by atoms with E-state index in [1.807, 2.05) is 6.92 Å². The van der Waals surface area contributed by atoms with Crippen LogP contribution in [0.15, 0.2) is 0 Å². The second-order valence-electron chi connectivity index (χ2n) is 3.53. The molecule has 0 saturated carbocycles. The van der Waals surface area contributed by atoms with Crippen molar-refractivity contribution >= 4 is 6.29 Å². The second kappa shape index (κ2) is 3.75. The molecule has 0 N–H and O–H groups in total. The van der Waals surface area contributed by atoms with Gasteiger partial charge in [-0.05, 0) is 12.3 Å². The number of carbonyl (C=O) groups excluding carboxylic acids is 1. The molecule has 1 atom stereocenters. The van der Waals surface area contributed by atoms with Crippen LogP contribution in [0.4, 0.5) is 0 Å². The molecule has 0 fully saturated rings. The summed E-state index contributed by atoms with van der Waals surface area (Å²) in [6.07, 6.45) is 3.20. The minimum atomic E-state index is -0.0885. The van der Waals surface area contributed by atoms with Crippen LogP contribution in [0.2, 0.25) is 0 Å². The van der Waals surface area contributed by atoms with Gasteiger partial charge in [-0.25, -0.2) is 0 Å². The summed E-state index contributed by atoms with van der Waals surface area (Å²) in [5.41, 5.74) is -0.0885. The third-order valence-electron chi connectivity index (χ3n) is 2.38. The topological polar surface area (TPSA) is 17.1 Å². The van der Waals surface area contributed by atoms with E-state index in [2.05, 4.69) is 20.8 Å². The van der Waals surface area contributed by atoms with E-state index < -0.39 is 0 Å². The van der Waals surface area contributed by atoms with Gasteiger partial charge in [0.05, 0.1) is 0 Å². The highest BCUT2D eigenvalue weighted by Crippen LogP contribution is 2.29. The fraction of sp³-hybridized carbons (Fsp3) is 0.889. The number of aldehydes is 1. The predicted octanol–water partition coefficient (Wildman–Crippen LogP) is 2.65. The maximum Gasteiger partial charge on any atom is 0.126 e. The number of hydrogen-bond donors (Lipinski definition) is 0. The fourth-order valence-electron chi connectivity index (χ4n) is 1.02. The molecule has 0 aliphatic rings. The van der Waals surface area contributed by atoms with Gasteiger partial charge in [0, 0.05) is 5.41 Å². The van der Waals surface area contributed by atoms with Crippen LogP contribution in [0.25, 0.3) is 0 Å². The van der Waals surface area contributed by atoms with Crippen LogP contribution < -0.4 is 0 Å². The molecule has 0 rings (SSSR count). The van der Waals surface area contributed by atoms with Crippen molar-refractivity contribution in [3.63, 3.8) is 0 Å². The largest absolute Gasteiger partial charge is 0.303 e. The lowest BCUT2D eigenvalue weighted by molar-refractivity contribution is -0.117. The molecule has 0 heterocycles. The van der Waals surface area contributed by atoms with Crippen LogP contribution in [0, 0.1) is 11.3 Å². The Hall–Kier alpha value is -0.330. The summed E-state index contributed by atoms with van der Waals surface area (Å²) in [7, 11) is 0. The molecule has 0 radical (unpaired) electrons. The first kappa shape index (κ1) is 9.67. The third kappa shape index (κ3) is 2.13. The molecule has 0 aromatic rings. The first-order valence-electron chi connectivity index (χ1n) is 4.03. The van der Waals surface area contributed by atoms with Gasteiger partial charge >= 0.3 is 0 Å². The van der Waals surface area contributed by atoms with E-state index in [1.165, 1.54) is 0 Å². The highest BCUT2D eigenvalue weighted by molar-refractivity contribution is 5.58. The van der Waals surface area contributed by atoms with Crippen LogP contribution in [0.1, 0.15) is 40.5 Å². The summed E-state index contributed by atoms with van der Waals surface area (Å²) in [6.45, 7) is 8.35. The van der Waals surface area contributed by atoms with Gasteiger partial charge in [-0.3, -0.25) is 0 Å². The Morgan fingerprint density at radius 1 is 1.50 bits per heavy atom. The fourth-order valence-corrected chi connectivity index (χ4v) is 1.02. The van der Waals surface area contributed by atoms with Crippen molar-refractivity contribution in [2.24, 2.45) is 11.3 Å². The summed E-state index contributed by atoms with van der Waals surface area (Å²) in [4.78, 5) is 10.7. The molecular formula is C9H18O. The van der Waals surface area contributed by atoms with Crippen LogP contribution in [-0.2, 0) is 4.79 Å². The molecule has 1 nitrogen and oxygen atoms in total. The molecule has 0 aliphatic carbocycles. The van der Waals surface area contributed by atoms with E-state index in [4.69, 9.17) is 0 Å². The molecule has 0 aliphatic heterocycles. The first-order chi connectivity index (χ1) is 4.56. The third-order valence-corrected chi connectivity index (χ3v) is 2.38. The first-order valence-corrected chi connectivity index (χ1v) is 4.03. The van der Waals surface area contributed by atoms with Gasteiger partial charge in [-0.1, -0.05) is 34.1 Å². The van der Waals surface area contributed by atoms with Gasteiger partial charge in [-0.15, -0.1) is 0 Å². The lowest BCUT2D eigenvalue weighted by atomic mass is 9.77. The minimum Gasteiger partial charge on any atom is -0.303 e. The van der Waals surface area contributed by atoms with E-state index >= 15 is 0 Å². The maximum absolute atomic E-state index is 10.7. The Morgan fingerprint density at radius 2 is 2.00 bits per heavy atom. The lowest BCUT2D eigenvalue weighted by Crippen LogP contribution is -2.24. The van der Waals surface area contributed by atoms with E-state index in [9.17, 15) is 4.79 Å². The molecule has 0 aromatic heterocycles. The van der Waals surface area contributed by atoms with Crippen LogP contribution >= 0.6 is 0 Å². The van der Waals surface area contributed by atoms with Gasteiger partial charge in [0.2, 0.25) is 0 Å². The lowest BCUT2D eigenvalue weighted by Gasteiger charge is -2.26. The summed E-state index contributed by atoms with van der Waals surface area (Å²) in [6, 6.07) is 0. The molecule has 0 bridgehead atoms. The van der Waals surface area contributed by atoms with Crippen molar-refractivity contribution in [1.29, 1.82) is 0 Å². The highest BCUT2D eigenvalue weighted by Gasteiger charge is 2.25. The summed E-state index contributed by atoms with van der Waals surface area (Å²) in [5, 5.41) is 0. The zero-order chi connectivity index (χ0) is 8.20. The zero-order valence-corrected chi connectivity index (χ0v) is 7.48. The van der Waals surface area contributed by atoms with Crippen LogP contribution in [-0.4, -0.2) is 6.29 Å².